The molecule has 1 aliphatic heterocycles. The third-order valence-electron chi connectivity index (χ3n) is 1.46. The molecular formula is C6H7NO3. The van der Waals surface area contributed by atoms with E-state index in [2.05, 4.69) is 0 Å². The molecule has 0 aromatic heterocycles. The summed E-state index contributed by atoms with van der Waals surface area (Å²) in [7, 11) is 0. The monoisotopic (exact) mass is 141 g/mol. The Morgan fingerprint density at radius 1 is 1.60 bits per heavy atom. The molecule has 10 heavy (non-hydrogen) atoms. The predicted octanol–water partition coefficient (Wildman–Crippen LogP) is -0.762. The maximum absolute atomic E-state index is 10.7. The fraction of sp³-hybridized carbons (Fsp3) is 0.500. The molecule has 4 nitrogen and oxygen atoms in total. The summed E-state index contributed by atoms with van der Waals surface area (Å²) in [6, 6.07) is 0. The van der Waals surface area contributed by atoms with Crippen LogP contribution in [0.5, 0.6) is 0 Å². The van der Waals surface area contributed by atoms with Crippen LogP contribution >= 0.6 is 0 Å². The van der Waals surface area contributed by atoms with Gasteiger partial charge in [-0.3, -0.25) is 19.7 Å². The van der Waals surface area contributed by atoms with Gasteiger partial charge in [0.1, 0.15) is 11.7 Å². The lowest BCUT2D eigenvalue weighted by Gasteiger charge is -1.95. The van der Waals surface area contributed by atoms with E-state index in [0.29, 0.717) is 0 Å². The number of carbonyl (C=O) groups excluding carboxylic acids is 3. The van der Waals surface area contributed by atoms with Crippen LogP contribution < -0.4 is 5.32 Å². The normalized spacial score (nSPS) is 24.7. The number of Topliss-reactive ketones (excluding diaryl/α,β-unsaturated/α-hetero) is 1. The quantitative estimate of drug-likeness (QED) is 0.385. The molecule has 0 aromatic carbocycles. The highest BCUT2D eigenvalue weighted by Crippen LogP contribution is 2.10. The molecule has 1 rings (SSSR count). The molecule has 0 radical (unpaired) electrons. The molecule has 4 heteroatoms. The molecule has 1 heterocycles. The van der Waals surface area contributed by atoms with Crippen molar-refractivity contribution in [1.82, 2.24) is 5.32 Å². The zero-order valence-corrected chi connectivity index (χ0v) is 5.51. The summed E-state index contributed by atoms with van der Waals surface area (Å²) in [5, 5.41) is 2.05. The Morgan fingerprint density at radius 2 is 2.20 bits per heavy atom. The Balaban J connectivity index is 2.72. The van der Waals surface area contributed by atoms with E-state index in [-0.39, 0.29) is 18.1 Å². The standard InChI is InChI=1S/C6H7NO3/c1-3(8)4-2-5(9)7-6(4)10/h4H,2H2,1H3,(H,7,9,10). The van der Waals surface area contributed by atoms with Gasteiger partial charge in [0, 0.05) is 6.42 Å². The van der Waals surface area contributed by atoms with Gasteiger partial charge in [-0.25, -0.2) is 0 Å². The van der Waals surface area contributed by atoms with Gasteiger partial charge >= 0.3 is 0 Å². The molecular weight excluding hydrogens is 134 g/mol. The molecule has 1 unspecified atom stereocenters. The molecule has 1 fully saturated rings. The highest BCUT2D eigenvalue weighted by Gasteiger charge is 2.33. The Hall–Kier alpha value is -1.19. The van der Waals surface area contributed by atoms with Crippen molar-refractivity contribution in [3.63, 3.8) is 0 Å². The summed E-state index contributed by atoms with van der Waals surface area (Å²) in [4.78, 5) is 31.7. The van der Waals surface area contributed by atoms with E-state index >= 15 is 0 Å². The van der Waals surface area contributed by atoms with Gasteiger partial charge in [-0.05, 0) is 6.92 Å². The maximum Gasteiger partial charge on any atom is 0.237 e. The average molecular weight is 141 g/mol. The second-order valence-corrected chi connectivity index (χ2v) is 2.28. The molecule has 0 spiro atoms. The molecule has 1 N–H and O–H groups in total. The van der Waals surface area contributed by atoms with Gasteiger partial charge < -0.3 is 0 Å². The van der Waals surface area contributed by atoms with Crippen molar-refractivity contribution in [1.29, 1.82) is 0 Å². The van der Waals surface area contributed by atoms with Crippen molar-refractivity contribution >= 4 is 17.6 Å². The second-order valence-electron chi connectivity index (χ2n) is 2.28. The smallest absolute Gasteiger partial charge is 0.237 e. The molecule has 0 aromatic rings. The number of ketones is 1. The molecule has 0 aliphatic carbocycles. The van der Waals surface area contributed by atoms with Crippen LogP contribution in [-0.2, 0) is 14.4 Å². The van der Waals surface area contributed by atoms with Crippen molar-refractivity contribution in [2.45, 2.75) is 13.3 Å². The Bertz CT molecular complexity index is 209. The lowest BCUT2D eigenvalue weighted by molar-refractivity contribution is -0.130. The Kier molecular flexibility index (Phi) is 1.53. The first-order valence-corrected chi connectivity index (χ1v) is 2.95. The van der Waals surface area contributed by atoms with Crippen molar-refractivity contribution in [2.75, 3.05) is 0 Å². The van der Waals surface area contributed by atoms with Crippen LogP contribution in [0.25, 0.3) is 0 Å². The lowest BCUT2D eigenvalue weighted by atomic mass is 10.0. The van der Waals surface area contributed by atoms with E-state index in [9.17, 15) is 14.4 Å². The summed E-state index contributed by atoms with van der Waals surface area (Å²) >= 11 is 0. The Morgan fingerprint density at radius 3 is 2.40 bits per heavy atom. The van der Waals surface area contributed by atoms with Gasteiger partial charge in [0.15, 0.2) is 0 Å². The highest BCUT2D eigenvalue weighted by atomic mass is 16.2. The zero-order chi connectivity index (χ0) is 7.72. The van der Waals surface area contributed by atoms with Crippen molar-refractivity contribution in [3.05, 3.63) is 0 Å². The van der Waals surface area contributed by atoms with Crippen LogP contribution in [-0.4, -0.2) is 17.6 Å². The number of hydrogen-bond donors (Lipinski definition) is 1. The molecule has 1 aliphatic rings. The molecule has 0 bridgehead atoms. The maximum atomic E-state index is 10.7. The molecule has 2 amide bonds. The van der Waals surface area contributed by atoms with E-state index in [4.69, 9.17) is 0 Å². The van der Waals surface area contributed by atoms with Crippen molar-refractivity contribution < 1.29 is 14.4 Å². The lowest BCUT2D eigenvalue weighted by Crippen LogP contribution is -2.24. The third kappa shape index (κ3) is 1.05. The van der Waals surface area contributed by atoms with Crippen molar-refractivity contribution in [3.8, 4) is 0 Å². The van der Waals surface area contributed by atoms with Gasteiger partial charge in [-0.15, -0.1) is 0 Å². The first-order valence-electron chi connectivity index (χ1n) is 2.95. The van der Waals surface area contributed by atoms with Gasteiger partial charge in [0.2, 0.25) is 11.8 Å². The fourth-order valence-corrected chi connectivity index (χ4v) is 0.882. The fourth-order valence-electron chi connectivity index (χ4n) is 0.882. The Labute approximate surface area is 57.6 Å². The van der Waals surface area contributed by atoms with Crippen LogP contribution in [0.3, 0.4) is 0 Å². The molecule has 0 saturated carbocycles. The van der Waals surface area contributed by atoms with E-state index in [1.54, 1.807) is 0 Å². The van der Waals surface area contributed by atoms with Gasteiger partial charge in [-0.2, -0.15) is 0 Å². The number of hydrogen-bond acceptors (Lipinski definition) is 3. The second kappa shape index (κ2) is 2.21. The number of carbonyl (C=O) groups is 3. The first kappa shape index (κ1) is 6.92. The first-order chi connectivity index (χ1) is 4.61. The minimum Gasteiger partial charge on any atom is -0.299 e. The third-order valence-corrected chi connectivity index (χ3v) is 1.46. The van der Waals surface area contributed by atoms with Crippen LogP contribution in [0.4, 0.5) is 0 Å². The summed E-state index contributed by atoms with van der Waals surface area (Å²) < 4.78 is 0. The summed E-state index contributed by atoms with van der Waals surface area (Å²) in [5.74, 6) is -1.79. The average Bonchev–Trinajstić information content (AvgIpc) is 2.10. The van der Waals surface area contributed by atoms with Crippen LogP contribution in [0, 0.1) is 5.92 Å². The molecule has 1 saturated heterocycles. The highest BCUT2D eigenvalue weighted by molar-refractivity contribution is 6.13. The largest absolute Gasteiger partial charge is 0.299 e. The SMILES string of the molecule is CC(=O)C1CC(=O)NC1=O. The number of amides is 2. The number of rotatable bonds is 1. The van der Waals surface area contributed by atoms with E-state index in [1.807, 2.05) is 5.32 Å². The van der Waals surface area contributed by atoms with Crippen LogP contribution in [0.2, 0.25) is 0 Å². The minimum absolute atomic E-state index is 0.0220. The van der Waals surface area contributed by atoms with Crippen molar-refractivity contribution in [2.24, 2.45) is 5.92 Å². The van der Waals surface area contributed by atoms with Gasteiger partial charge in [0.25, 0.3) is 0 Å². The van der Waals surface area contributed by atoms with E-state index < -0.39 is 11.8 Å². The zero-order valence-electron chi connectivity index (χ0n) is 5.51. The molecule has 1 atom stereocenters. The summed E-state index contributed by atoms with van der Waals surface area (Å²) in [5.41, 5.74) is 0. The van der Waals surface area contributed by atoms with Crippen LogP contribution in [0.15, 0.2) is 0 Å². The van der Waals surface area contributed by atoms with Gasteiger partial charge in [0.05, 0.1) is 0 Å². The van der Waals surface area contributed by atoms with Crippen LogP contribution in [0.1, 0.15) is 13.3 Å². The summed E-state index contributed by atoms with van der Waals surface area (Å²) in [6.07, 6.45) is 0.0220. The van der Waals surface area contributed by atoms with E-state index in [0.717, 1.165) is 0 Å². The molecule has 54 valence electrons. The summed E-state index contributed by atoms with van der Waals surface area (Å²) in [6.45, 7) is 1.31. The topological polar surface area (TPSA) is 63.2 Å². The minimum atomic E-state index is -0.729. The predicted molar refractivity (Wildman–Crippen MR) is 31.9 cm³/mol. The number of nitrogens with one attached hydrogen (secondary N) is 1. The van der Waals surface area contributed by atoms with E-state index in [1.165, 1.54) is 6.92 Å². The number of imide groups is 1. The van der Waals surface area contributed by atoms with Gasteiger partial charge in [-0.1, -0.05) is 0 Å².